The molecule has 0 bridgehead atoms. The van der Waals surface area contributed by atoms with Gasteiger partial charge in [0.1, 0.15) is 17.0 Å². The summed E-state index contributed by atoms with van der Waals surface area (Å²) in [6.45, 7) is 4.76. The fourth-order valence-electron chi connectivity index (χ4n) is 5.28. The lowest BCUT2D eigenvalue weighted by molar-refractivity contribution is -0.131. The van der Waals surface area contributed by atoms with Gasteiger partial charge in [0.05, 0.1) is 32.4 Å². The second-order valence-electron chi connectivity index (χ2n) is 12.3. The number of halogens is 2. The van der Waals surface area contributed by atoms with Gasteiger partial charge in [-0.2, -0.15) is 0 Å². The van der Waals surface area contributed by atoms with E-state index in [0.29, 0.717) is 53.3 Å². The van der Waals surface area contributed by atoms with Gasteiger partial charge in [0.15, 0.2) is 23.1 Å². The Labute approximate surface area is 318 Å². The molecule has 1 saturated heterocycles. The molecule has 2 heterocycles. The highest BCUT2D eigenvalue weighted by Crippen LogP contribution is 2.48. The Bertz CT molecular complexity index is 2040. The molecular weight excluding hydrogens is 788 g/mol. The number of rotatable bonds is 12. The number of ether oxygens (including phenoxy) is 4. The molecule has 0 radical (unpaired) electrons. The molecule has 1 aromatic heterocycles. The highest BCUT2D eigenvalue weighted by molar-refractivity contribution is 7.45. The third-order valence-electron chi connectivity index (χ3n) is 8.10. The molecule has 2 aliphatic rings. The molecule has 1 aliphatic carbocycles. The number of fused-ring (bicyclic) bond motifs is 1. The minimum Gasteiger partial charge on any atom is -0.493 e. The molecule has 0 atom stereocenters. The first-order valence-electron chi connectivity index (χ1n) is 16.7. The average Bonchev–Trinajstić information content (AvgIpc) is 3.94. The minimum atomic E-state index is -4.64. The van der Waals surface area contributed by atoms with Gasteiger partial charge >= 0.3 is 15.6 Å². The van der Waals surface area contributed by atoms with Crippen LogP contribution in [-0.2, 0) is 23.5 Å². The molecule has 6 rings (SSSR count). The van der Waals surface area contributed by atoms with Gasteiger partial charge in [-0.15, -0.1) is 0 Å². The lowest BCUT2D eigenvalue weighted by atomic mass is 10.0. The third kappa shape index (κ3) is 14.2. The van der Waals surface area contributed by atoms with Crippen molar-refractivity contribution in [2.75, 3.05) is 57.2 Å². The maximum Gasteiger partial charge on any atom is 0.466 e. The van der Waals surface area contributed by atoms with Crippen LogP contribution in [0.4, 0.5) is 20.2 Å². The van der Waals surface area contributed by atoms with Crippen molar-refractivity contribution in [1.29, 1.82) is 0 Å². The number of anilines is 2. The van der Waals surface area contributed by atoms with Crippen LogP contribution in [0.1, 0.15) is 19.3 Å². The predicted octanol–water partition coefficient (Wildman–Crippen LogP) is 3.92. The zero-order chi connectivity index (χ0) is 41.1. The van der Waals surface area contributed by atoms with Crippen LogP contribution in [0.3, 0.4) is 0 Å². The molecule has 8 N–H and O–H groups in total. The van der Waals surface area contributed by atoms with E-state index in [1.807, 2.05) is 0 Å². The van der Waals surface area contributed by atoms with E-state index in [4.69, 9.17) is 57.4 Å². The van der Waals surface area contributed by atoms with E-state index in [1.54, 1.807) is 31.5 Å². The number of aromatic nitrogens is 1. The van der Waals surface area contributed by atoms with Crippen LogP contribution in [0.15, 0.2) is 66.9 Å². The van der Waals surface area contributed by atoms with E-state index in [9.17, 15) is 14.0 Å². The lowest BCUT2D eigenvalue weighted by Crippen LogP contribution is -2.37. The average molecular weight is 829 g/mol. The summed E-state index contributed by atoms with van der Waals surface area (Å²) in [5.74, 6) is -0.871. The van der Waals surface area contributed by atoms with E-state index in [-0.39, 0.29) is 11.4 Å². The van der Waals surface area contributed by atoms with E-state index >= 15 is 4.39 Å². The number of carbonyl (C=O) groups is 2. The number of hydrogen-bond acceptors (Lipinski definition) is 10. The van der Waals surface area contributed by atoms with Gasteiger partial charge in [0, 0.05) is 54.7 Å². The molecule has 56 heavy (non-hydrogen) atoms. The maximum atomic E-state index is 15.2. The first kappa shape index (κ1) is 44.1. The molecular formula is C34H40F2N4O14P2. The number of morpholine rings is 1. The van der Waals surface area contributed by atoms with Crippen molar-refractivity contribution in [2.24, 2.45) is 5.41 Å². The van der Waals surface area contributed by atoms with Gasteiger partial charge in [-0.1, -0.05) is 0 Å². The Balaban J connectivity index is 0.000000620. The van der Waals surface area contributed by atoms with Gasteiger partial charge in [-0.3, -0.25) is 19.5 Å². The van der Waals surface area contributed by atoms with Gasteiger partial charge in [0.25, 0.3) is 0 Å². The topological polar surface area (TPSA) is 267 Å². The Morgan fingerprint density at radius 1 is 0.821 bits per heavy atom. The van der Waals surface area contributed by atoms with Gasteiger partial charge in [-0.05, 0) is 67.8 Å². The Kier molecular flexibility index (Phi) is 15.4. The number of pyridine rings is 1. The lowest BCUT2D eigenvalue weighted by Gasteiger charge is -2.26. The number of amides is 2. The number of methoxy groups -OCH3 is 1. The molecule has 3 aromatic carbocycles. The second kappa shape index (κ2) is 19.5. The van der Waals surface area contributed by atoms with Crippen molar-refractivity contribution >= 4 is 49.7 Å². The SMILES string of the molecule is COc1cc2c(Oc3ccc(NC(=O)C4(C(=O)Nc5ccc(F)cc5)CC4)cc3F)ccnc2cc1OCCCN1CCOCC1.O=P(O)(O)O.O=P(O)(O)O. The monoisotopic (exact) mass is 828 g/mol. The number of carbonyl (C=O) groups excluding carboxylic acids is 2. The predicted molar refractivity (Wildman–Crippen MR) is 196 cm³/mol. The van der Waals surface area contributed by atoms with Crippen molar-refractivity contribution in [2.45, 2.75) is 19.3 Å². The summed E-state index contributed by atoms with van der Waals surface area (Å²) in [6.07, 6.45) is 3.09. The maximum absolute atomic E-state index is 15.2. The van der Waals surface area contributed by atoms with Crippen LogP contribution in [0.5, 0.6) is 23.0 Å². The normalized spacial score (nSPS) is 14.9. The smallest absolute Gasteiger partial charge is 0.466 e. The van der Waals surface area contributed by atoms with E-state index in [0.717, 1.165) is 45.3 Å². The largest absolute Gasteiger partial charge is 0.493 e. The molecule has 22 heteroatoms. The second-order valence-corrected chi connectivity index (χ2v) is 14.3. The summed E-state index contributed by atoms with van der Waals surface area (Å²) in [4.78, 5) is 75.8. The number of benzene rings is 3. The molecule has 0 spiro atoms. The van der Waals surface area contributed by atoms with Crippen LogP contribution in [0.25, 0.3) is 10.9 Å². The van der Waals surface area contributed by atoms with Gasteiger partial charge < -0.3 is 58.9 Å². The molecule has 18 nitrogen and oxygen atoms in total. The number of hydrogen-bond donors (Lipinski definition) is 8. The highest BCUT2D eigenvalue weighted by atomic mass is 31.2. The van der Waals surface area contributed by atoms with Crippen molar-refractivity contribution in [3.63, 3.8) is 0 Å². The Morgan fingerprint density at radius 3 is 1.98 bits per heavy atom. The van der Waals surface area contributed by atoms with Crippen LogP contribution in [-0.4, -0.2) is 97.6 Å². The van der Waals surface area contributed by atoms with Gasteiger partial charge in [0.2, 0.25) is 11.8 Å². The Morgan fingerprint density at radius 2 is 1.41 bits per heavy atom. The van der Waals surface area contributed by atoms with Crippen LogP contribution < -0.4 is 24.8 Å². The molecule has 4 aromatic rings. The fraction of sp³-hybridized carbons (Fsp3) is 0.324. The number of nitrogens with zero attached hydrogens (tertiary/aromatic N) is 2. The molecule has 2 fully saturated rings. The number of phosphoric acid groups is 2. The standard InChI is InChI=1S/C34H34F2N4O6.2H3O4P/c1-43-30-20-25-27(21-31(30)45-16-2-13-40-14-17-44-18-15-40)37-12-9-28(25)46-29-8-7-24(19-26(29)36)39-33(42)34(10-11-34)32(41)38-23-5-3-22(35)4-6-23;2*1-5(2,3)4/h3-9,12,19-21H,2,10-11,13-18H2,1H3,(H,38,41)(H,39,42);2*(H3,1,2,3,4). The highest BCUT2D eigenvalue weighted by Gasteiger charge is 2.56. The summed E-state index contributed by atoms with van der Waals surface area (Å²) in [5.41, 5.74) is -0.144. The first-order chi connectivity index (χ1) is 26.3. The summed E-state index contributed by atoms with van der Waals surface area (Å²) in [5, 5.41) is 5.89. The summed E-state index contributed by atoms with van der Waals surface area (Å²) >= 11 is 0. The quantitative estimate of drug-likeness (QED) is 0.0571. The molecule has 1 aliphatic heterocycles. The minimum absolute atomic E-state index is 0.0666. The molecule has 2 amide bonds. The van der Waals surface area contributed by atoms with E-state index in [1.165, 1.54) is 36.4 Å². The first-order valence-corrected chi connectivity index (χ1v) is 19.8. The van der Waals surface area contributed by atoms with Crippen LogP contribution in [0.2, 0.25) is 0 Å². The number of nitrogens with one attached hydrogen (secondary N) is 2. The van der Waals surface area contributed by atoms with Crippen molar-refractivity contribution in [1.82, 2.24) is 9.88 Å². The van der Waals surface area contributed by atoms with Crippen molar-refractivity contribution in [3.8, 4) is 23.0 Å². The van der Waals surface area contributed by atoms with E-state index in [2.05, 4.69) is 20.5 Å². The zero-order valence-corrected chi connectivity index (χ0v) is 31.5. The summed E-state index contributed by atoms with van der Waals surface area (Å²) in [6, 6.07) is 14.4. The molecule has 1 saturated carbocycles. The fourth-order valence-corrected chi connectivity index (χ4v) is 5.28. The molecule has 304 valence electrons. The summed E-state index contributed by atoms with van der Waals surface area (Å²) in [7, 11) is -7.73. The van der Waals surface area contributed by atoms with Crippen LogP contribution >= 0.6 is 15.6 Å². The summed E-state index contributed by atoms with van der Waals surface area (Å²) < 4.78 is 69.2. The molecule has 0 unspecified atom stereocenters. The van der Waals surface area contributed by atoms with Crippen molar-refractivity contribution in [3.05, 3.63) is 78.5 Å². The van der Waals surface area contributed by atoms with Crippen molar-refractivity contribution < 1.29 is 75.8 Å². The Hall–Kier alpha value is -4.59. The third-order valence-corrected chi connectivity index (χ3v) is 8.10. The van der Waals surface area contributed by atoms with Gasteiger partial charge in [-0.25, -0.2) is 17.9 Å². The zero-order valence-electron chi connectivity index (χ0n) is 29.7. The van der Waals surface area contributed by atoms with E-state index < -0.39 is 44.5 Å². The van der Waals surface area contributed by atoms with Crippen LogP contribution in [0, 0.1) is 17.0 Å².